The zero-order chi connectivity index (χ0) is 76.7. The lowest BCUT2D eigenvalue weighted by Crippen LogP contribution is -2.19. The average Bonchev–Trinajstić information content (AvgIpc) is 0.815. The lowest BCUT2D eigenvalue weighted by molar-refractivity contribution is -0.139. The molecule has 0 saturated heterocycles. The average molecular weight is 1450 g/mol. The third-order valence-electron chi connectivity index (χ3n) is 14.5. The molecular weight excluding hydrogens is 1360 g/mol. The summed E-state index contributed by atoms with van der Waals surface area (Å²) in [6.45, 7) is 41.8. The summed E-state index contributed by atoms with van der Waals surface area (Å²) >= 11 is 17.8. The summed E-state index contributed by atoms with van der Waals surface area (Å²) in [6, 6.07) is 33.6. The first-order valence-electron chi connectivity index (χ1n) is 31.1. The number of alkyl halides is 12. The molecule has 98 heavy (non-hydrogen) atoms. The predicted molar refractivity (Wildman–Crippen MR) is 375 cm³/mol. The van der Waals surface area contributed by atoms with Crippen molar-refractivity contribution >= 4 is 34.8 Å². The van der Waals surface area contributed by atoms with Gasteiger partial charge in [-0.1, -0.05) is 240 Å². The Kier molecular flexibility index (Phi) is 32.0. The first kappa shape index (κ1) is 89.8. The summed E-state index contributed by atoms with van der Waals surface area (Å²) in [4.78, 5) is 0. The first-order valence-corrected chi connectivity index (χ1v) is 32.2. The van der Waals surface area contributed by atoms with Crippen LogP contribution in [0, 0.1) is 18.6 Å². The SMILES string of the molecule is CC(C)(C)c1c(F)cccc1Cl.CC(C)(C)c1ccc(C(F)(F)F)cc1Cl.CC(C)(C)c1ccc(F)cc1C(F)(F)F.COc1ccc(C(C)(C)C)c(C(F)(F)F)c1.COc1ccc(C(C)(C)C)c(Cl)c1.COc1ccc(C(C)(C)C)cc1.Cc1ccc(C(C)(C)C)c(C(F)(F)F)c1. The molecular formula is C78H97Cl3F14O3. The van der Waals surface area contributed by atoms with Crippen molar-refractivity contribution in [2.45, 2.75) is 215 Å². The Morgan fingerprint density at radius 2 is 0.602 bits per heavy atom. The van der Waals surface area contributed by atoms with E-state index in [1.54, 1.807) is 114 Å². The van der Waals surface area contributed by atoms with Gasteiger partial charge in [-0.25, -0.2) is 8.78 Å². The highest BCUT2D eigenvalue weighted by Crippen LogP contribution is 2.43. The van der Waals surface area contributed by atoms with Crippen LogP contribution in [-0.2, 0) is 62.6 Å². The van der Waals surface area contributed by atoms with Crippen LogP contribution in [-0.4, -0.2) is 21.3 Å². The standard InChI is InChI=1S/C12H15F3O.C12H15F3.C11H12ClF3.C11H15ClO.C11H12F4.C11H16O.C10H12ClF/c1-11(2,3)9-6-5-8(16-4)7-10(9)12(13,14)15;1-8-5-6-9(11(2,3)4)10(7-8)12(13,14)15;1-10(2,3)8-5-4-7(6-9(8)12)11(13,14)15;1-11(2,3)9-6-5-8(13-4)7-10(9)12;1-10(2,3)8-5-4-7(12)6-9(8)11(13,14)15;1-11(2,3)9-5-7-10(12-4)8-6-9;1-10(2,3)9-7(11)5-4-6-8(9)12/h5-7H,1-4H3;5-7H,1-4H3;4-6H,1-3H3;5-7H,1-4H3;4-6H,1-3H3;5-8H,1-4H3;4-6H,1-3H3. The molecule has 3 nitrogen and oxygen atoms in total. The van der Waals surface area contributed by atoms with E-state index >= 15 is 0 Å². The maximum Gasteiger partial charge on any atom is 0.416 e. The van der Waals surface area contributed by atoms with Crippen molar-refractivity contribution in [3.8, 4) is 17.2 Å². The minimum Gasteiger partial charge on any atom is -0.497 e. The molecule has 0 fully saturated rings. The highest BCUT2D eigenvalue weighted by atomic mass is 35.5. The number of aryl methyl sites for hydroxylation is 1. The molecule has 0 atom stereocenters. The van der Waals surface area contributed by atoms with Gasteiger partial charge in [-0.05, 0) is 157 Å². The second-order valence-electron chi connectivity index (χ2n) is 30.3. The van der Waals surface area contributed by atoms with Gasteiger partial charge in [-0.2, -0.15) is 52.7 Å². The maximum absolute atomic E-state index is 13.3. The molecule has 0 N–H and O–H groups in total. The number of methoxy groups -OCH3 is 3. The van der Waals surface area contributed by atoms with E-state index in [9.17, 15) is 61.5 Å². The van der Waals surface area contributed by atoms with Gasteiger partial charge in [-0.3, -0.25) is 0 Å². The molecule has 546 valence electrons. The van der Waals surface area contributed by atoms with Crippen molar-refractivity contribution < 1.29 is 75.7 Å². The fourth-order valence-corrected chi connectivity index (χ4v) is 10.7. The lowest BCUT2D eigenvalue weighted by Gasteiger charge is -2.24. The highest BCUT2D eigenvalue weighted by Gasteiger charge is 2.39. The summed E-state index contributed by atoms with van der Waals surface area (Å²) in [5, 5.41) is 1.44. The van der Waals surface area contributed by atoms with Crippen LogP contribution in [0.4, 0.5) is 61.5 Å². The van der Waals surface area contributed by atoms with Gasteiger partial charge in [0.15, 0.2) is 0 Å². The summed E-state index contributed by atoms with van der Waals surface area (Å²) in [5.74, 6) is 0.853. The normalized spacial score (nSPS) is 12.4. The van der Waals surface area contributed by atoms with Gasteiger partial charge < -0.3 is 14.2 Å². The number of benzene rings is 7. The summed E-state index contributed by atoms with van der Waals surface area (Å²) in [5.41, 5.74) is 0.563. The van der Waals surface area contributed by atoms with Crippen molar-refractivity contribution in [2.75, 3.05) is 21.3 Å². The van der Waals surface area contributed by atoms with Crippen LogP contribution in [0.5, 0.6) is 17.2 Å². The molecule has 0 heterocycles. The van der Waals surface area contributed by atoms with Crippen LogP contribution in [0.1, 0.15) is 212 Å². The molecule has 20 heteroatoms. The summed E-state index contributed by atoms with van der Waals surface area (Å²) in [6.07, 6.45) is -17.5. The third-order valence-corrected chi connectivity index (χ3v) is 15.4. The monoisotopic (exact) mass is 1450 g/mol. The Balaban J connectivity index is 0.000000573. The molecule has 7 aromatic carbocycles. The minimum absolute atomic E-state index is 0.0867. The molecule has 0 aromatic heterocycles. The molecule has 7 aromatic rings. The predicted octanol–water partition coefficient (Wildman–Crippen LogP) is 27.5. The molecule has 0 aliphatic heterocycles. The molecule has 0 bridgehead atoms. The Bertz CT molecular complexity index is 3540. The summed E-state index contributed by atoms with van der Waals surface area (Å²) < 4.78 is 193. The molecule has 0 radical (unpaired) electrons. The van der Waals surface area contributed by atoms with Crippen molar-refractivity contribution in [2.24, 2.45) is 0 Å². The second kappa shape index (κ2) is 34.9. The number of rotatable bonds is 3. The number of hydrogen-bond acceptors (Lipinski definition) is 3. The topological polar surface area (TPSA) is 27.7 Å². The zero-order valence-corrected chi connectivity index (χ0v) is 63.1. The largest absolute Gasteiger partial charge is 0.497 e. The van der Waals surface area contributed by atoms with Gasteiger partial charge in [0.1, 0.15) is 28.9 Å². The smallest absolute Gasteiger partial charge is 0.416 e. The second-order valence-corrected chi connectivity index (χ2v) is 31.5. The van der Waals surface area contributed by atoms with E-state index in [4.69, 9.17) is 49.0 Å². The molecule has 0 spiro atoms. The molecule has 0 aliphatic carbocycles. The van der Waals surface area contributed by atoms with Gasteiger partial charge in [-0.15, -0.1) is 0 Å². The Morgan fingerprint density at radius 3 is 0.929 bits per heavy atom. The lowest BCUT2D eigenvalue weighted by atomic mass is 9.83. The zero-order valence-electron chi connectivity index (χ0n) is 60.9. The van der Waals surface area contributed by atoms with Crippen LogP contribution in [0.2, 0.25) is 15.1 Å². The first-order chi connectivity index (χ1) is 43.9. The number of hydrogen-bond donors (Lipinski definition) is 0. The molecule has 0 saturated carbocycles. The molecule has 7 rings (SSSR count). The fraction of sp³-hybridized carbons (Fsp3) is 0.462. The van der Waals surface area contributed by atoms with Crippen molar-refractivity contribution in [3.63, 3.8) is 0 Å². The highest BCUT2D eigenvalue weighted by molar-refractivity contribution is 6.32. The minimum atomic E-state index is -4.51. The van der Waals surface area contributed by atoms with Gasteiger partial charge in [0.2, 0.25) is 0 Å². The van der Waals surface area contributed by atoms with E-state index in [-0.39, 0.29) is 49.4 Å². The van der Waals surface area contributed by atoms with E-state index < -0.39 is 69.0 Å². The van der Waals surface area contributed by atoms with Crippen molar-refractivity contribution in [3.05, 3.63) is 227 Å². The van der Waals surface area contributed by atoms with Crippen molar-refractivity contribution in [1.29, 1.82) is 0 Å². The number of ether oxygens (including phenoxy) is 3. The van der Waals surface area contributed by atoms with Crippen LogP contribution >= 0.6 is 34.8 Å². The van der Waals surface area contributed by atoms with Crippen LogP contribution < -0.4 is 14.2 Å². The van der Waals surface area contributed by atoms with Crippen molar-refractivity contribution in [1.82, 2.24) is 0 Å². The molecule has 0 amide bonds. The molecule has 0 unspecified atom stereocenters. The molecule has 0 aliphatic rings. The van der Waals surface area contributed by atoms with Gasteiger partial charge in [0.25, 0.3) is 0 Å². The van der Waals surface area contributed by atoms with Gasteiger partial charge >= 0.3 is 24.7 Å². The van der Waals surface area contributed by atoms with Gasteiger partial charge in [0, 0.05) is 20.6 Å². The van der Waals surface area contributed by atoms with E-state index in [0.29, 0.717) is 27.8 Å². The van der Waals surface area contributed by atoms with E-state index in [1.807, 2.05) is 71.9 Å². The Labute approximate surface area is 588 Å². The Morgan fingerprint density at radius 1 is 0.276 bits per heavy atom. The van der Waals surface area contributed by atoms with E-state index in [2.05, 4.69) is 53.7 Å². The fourth-order valence-electron chi connectivity index (χ4n) is 9.33. The maximum atomic E-state index is 13.3. The van der Waals surface area contributed by atoms with Gasteiger partial charge in [0.05, 0.1) is 43.6 Å². The van der Waals surface area contributed by atoms with Crippen LogP contribution in [0.15, 0.2) is 133 Å². The quantitative estimate of drug-likeness (QED) is 0.165. The number of halogens is 17. The van der Waals surface area contributed by atoms with Crippen LogP contribution in [0.3, 0.4) is 0 Å². The van der Waals surface area contributed by atoms with E-state index in [0.717, 1.165) is 51.9 Å². The van der Waals surface area contributed by atoms with Crippen LogP contribution in [0.25, 0.3) is 0 Å². The van der Waals surface area contributed by atoms with E-state index in [1.165, 1.54) is 43.0 Å². The Hall–Kier alpha value is -6.17. The third kappa shape index (κ3) is 29.6. The summed E-state index contributed by atoms with van der Waals surface area (Å²) in [7, 11) is 4.68.